The molecule has 60 valence electrons. The summed E-state index contributed by atoms with van der Waals surface area (Å²) in [6.45, 7) is 2.48. The lowest BCUT2D eigenvalue weighted by molar-refractivity contribution is 0.380. The Labute approximate surface area is 61.8 Å². The van der Waals surface area contributed by atoms with Gasteiger partial charge in [-0.15, -0.1) is 0 Å². The summed E-state index contributed by atoms with van der Waals surface area (Å²) >= 11 is 0. The van der Waals surface area contributed by atoms with Gasteiger partial charge in [-0.25, -0.2) is 0 Å². The standard InChI is InChI=1S/C6H16N4/c1-10(6-3-7)5-2-4-9-8/h2,4,9H,3,5-8H2,1H3/b4-2+. The van der Waals surface area contributed by atoms with Gasteiger partial charge in [0.15, 0.2) is 0 Å². The minimum Gasteiger partial charge on any atom is -0.332 e. The molecule has 0 aromatic heterocycles. The van der Waals surface area contributed by atoms with Crippen molar-refractivity contribution in [2.75, 3.05) is 26.7 Å². The first-order valence-corrected chi connectivity index (χ1v) is 3.31. The second-order valence-electron chi connectivity index (χ2n) is 2.12. The van der Waals surface area contributed by atoms with E-state index in [4.69, 9.17) is 11.6 Å². The highest BCUT2D eigenvalue weighted by Crippen LogP contribution is 1.79. The summed E-state index contributed by atoms with van der Waals surface area (Å²) in [7, 11) is 2.01. The monoisotopic (exact) mass is 144 g/mol. The second-order valence-corrected chi connectivity index (χ2v) is 2.12. The average Bonchev–Trinajstić information content (AvgIpc) is 1.89. The van der Waals surface area contributed by atoms with Crippen LogP contribution in [0.1, 0.15) is 0 Å². The molecule has 4 nitrogen and oxygen atoms in total. The number of hydrogen-bond donors (Lipinski definition) is 3. The molecule has 0 aromatic carbocycles. The highest BCUT2D eigenvalue weighted by Gasteiger charge is 1.89. The zero-order chi connectivity index (χ0) is 7.82. The van der Waals surface area contributed by atoms with Gasteiger partial charge >= 0.3 is 0 Å². The first kappa shape index (κ1) is 9.42. The smallest absolute Gasteiger partial charge is 0.0178 e. The normalized spacial score (nSPS) is 11.2. The Balaban J connectivity index is 3.20. The van der Waals surface area contributed by atoms with Crippen molar-refractivity contribution in [3.63, 3.8) is 0 Å². The van der Waals surface area contributed by atoms with E-state index in [-0.39, 0.29) is 0 Å². The van der Waals surface area contributed by atoms with Crippen molar-refractivity contribution in [1.82, 2.24) is 10.3 Å². The number of nitrogens with one attached hydrogen (secondary N) is 1. The van der Waals surface area contributed by atoms with Gasteiger partial charge in [0, 0.05) is 25.8 Å². The molecule has 5 N–H and O–H groups in total. The van der Waals surface area contributed by atoms with Crippen molar-refractivity contribution in [2.24, 2.45) is 11.6 Å². The minimum atomic E-state index is 0.695. The molecular formula is C6H16N4. The molecule has 0 radical (unpaired) electrons. The van der Waals surface area contributed by atoms with Crippen LogP contribution in [0.5, 0.6) is 0 Å². The molecule has 4 heteroatoms. The molecule has 0 bridgehead atoms. The lowest BCUT2D eigenvalue weighted by Crippen LogP contribution is -2.26. The van der Waals surface area contributed by atoms with Crippen molar-refractivity contribution in [2.45, 2.75) is 0 Å². The van der Waals surface area contributed by atoms with Crippen LogP contribution in [0.2, 0.25) is 0 Å². The van der Waals surface area contributed by atoms with Gasteiger partial charge in [-0.2, -0.15) is 0 Å². The van der Waals surface area contributed by atoms with E-state index in [1.165, 1.54) is 0 Å². The van der Waals surface area contributed by atoms with E-state index >= 15 is 0 Å². The van der Waals surface area contributed by atoms with Crippen molar-refractivity contribution < 1.29 is 0 Å². The summed E-state index contributed by atoms with van der Waals surface area (Å²) in [6, 6.07) is 0. The van der Waals surface area contributed by atoms with Crippen molar-refractivity contribution in [3.8, 4) is 0 Å². The van der Waals surface area contributed by atoms with Crippen LogP contribution < -0.4 is 17.0 Å². The molecule has 0 spiro atoms. The molecule has 0 aliphatic rings. The Hall–Kier alpha value is -0.580. The van der Waals surface area contributed by atoms with Crippen molar-refractivity contribution in [3.05, 3.63) is 12.3 Å². The van der Waals surface area contributed by atoms with Crippen LogP contribution >= 0.6 is 0 Å². The third-order valence-corrected chi connectivity index (χ3v) is 1.14. The van der Waals surface area contributed by atoms with E-state index in [9.17, 15) is 0 Å². The molecule has 0 atom stereocenters. The Kier molecular flexibility index (Phi) is 6.16. The van der Waals surface area contributed by atoms with Crippen LogP contribution in [0.3, 0.4) is 0 Å². The number of rotatable bonds is 5. The van der Waals surface area contributed by atoms with E-state index < -0.39 is 0 Å². The minimum absolute atomic E-state index is 0.695. The van der Waals surface area contributed by atoms with Crippen molar-refractivity contribution in [1.29, 1.82) is 0 Å². The molecule has 0 heterocycles. The van der Waals surface area contributed by atoms with Gasteiger partial charge in [-0.1, -0.05) is 6.08 Å². The topological polar surface area (TPSA) is 67.3 Å². The van der Waals surface area contributed by atoms with E-state index in [2.05, 4.69) is 10.3 Å². The summed E-state index contributed by atoms with van der Waals surface area (Å²) in [5.74, 6) is 5.01. The molecular weight excluding hydrogens is 128 g/mol. The van der Waals surface area contributed by atoms with Gasteiger partial charge in [-0.05, 0) is 7.05 Å². The first-order chi connectivity index (χ1) is 4.81. The molecule has 0 saturated carbocycles. The molecule has 0 amide bonds. The number of hydrogen-bond acceptors (Lipinski definition) is 4. The first-order valence-electron chi connectivity index (χ1n) is 3.31. The van der Waals surface area contributed by atoms with E-state index in [1.54, 1.807) is 6.20 Å². The van der Waals surface area contributed by atoms with Gasteiger partial charge in [0.2, 0.25) is 0 Å². The fraction of sp³-hybridized carbons (Fsp3) is 0.667. The molecule has 0 aliphatic carbocycles. The van der Waals surface area contributed by atoms with Crippen LogP contribution in [0.15, 0.2) is 12.3 Å². The zero-order valence-electron chi connectivity index (χ0n) is 6.38. The quantitative estimate of drug-likeness (QED) is 0.337. The maximum Gasteiger partial charge on any atom is 0.0178 e. The predicted molar refractivity (Wildman–Crippen MR) is 43.0 cm³/mol. The Morgan fingerprint density at radius 2 is 2.30 bits per heavy atom. The fourth-order valence-electron chi connectivity index (χ4n) is 0.612. The van der Waals surface area contributed by atoms with Crippen LogP contribution in [0.25, 0.3) is 0 Å². The summed E-state index contributed by atoms with van der Waals surface area (Å²) in [6.07, 6.45) is 3.64. The van der Waals surface area contributed by atoms with Gasteiger partial charge in [-0.3, -0.25) is 5.84 Å². The largest absolute Gasteiger partial charge is 0.332 e. The fourth-order valence-corrected chi connectivity index (χ4v) is 0.612. The van der Waals surface area contributed by atoms with E-state index in [1.807, 2.05) is 13.1 Å². The summed E-state index contributed by atoms with van der Waals surface area (Å²) in [4.78, 5) is 2.10. The van der Waals surface area contributed by atoms with Crippen LogP contribution in [-0.4, -0.2) is 31.6 Å². The van der Waals surface area contributed by atoms with Gasteiger partial charge < -0.3 is 16.1 Å². The van der Waals surface area contributed by atoms with Crippen LogP contribution in [-0.2, 0) is 0 Å². The highest BCUT2D eigenvalue weighted by atomic mass is 15.2. The molecule has 0 rings (SSSR count). The zero-order valence-corrected chi connectivity index (χ0v) is 6.38. The van der Waals surface area contributed by atoms with Gasteiger partial charge in [0.25, 0.3) is 0 Å². The molecule has 0 unspecified atom stereocenters. The number of nitrogens with two attached hydrogens (primary N) is 2. The summed E-state index contributed by atoms with van der Waals surface area (Å²) in [5, 5.41) is 0. The SMILES string of the molecule is CN(C/C=C/NN)CCN. The average molecular weight is 144 g/mol. The number of likely N-dealkylation sites (N-methyl/N-ethyl adjacent to an activating group) is 1. The predicted octanol–water partition coefficient (Wildman–Crippen LogP) is -1.15. The Morgan fingerprint density at radius 3 is 2.80 bits per heavy atom. The molecule has 0 saturated heterocycles. The maximum absolute atomic E-state index is 5.33. The van der Waals surface area contributed by atoms with Gasteiger partial charge in [0.05, 0.1) is 0 Å². The third kappa shape index (κ3) is 5.55. The Morgan fingerprint density at radius 1 is 1.60 bits per heavy atom. The number of hydrazine groups is 1. The summed E-state index contributed by atoms with van der Waals surface area (Å²) < 4.78 is 0. The molecule has 0 aromatic rings. The maximum atomic E-state index is 5.33. The molecule has 10 heavy (non-hydrogen) atoms. The summed E-state index contributed by atoms with van der Waals surface area (Å²) in [5.41, 5.74) is 7.75. The van der Waals surface area contributed by atoms with Crippen LogP contribution in [0.4, 0.5) is 0 Å². The Bertz CT molecular complexity index is 91.7. The molecule has 0 aliphatic heterocycles. The number of nitrogens with zero attached hydrogens (tertiary/aromatic N) is 1. The second kappa shape index (κ2) is 6.54. The van der Waals surface area contributed by atoms with Crippen LogP contribution in [0, 0.1) is 0 Å². The van der Waals surface area contributed by atoms with E-state index in [0.29, 0.717) is 6.54 Å². The van der Waals surface area contributed by atoms with E-state index in [0.717, 1.165) is 13.1 Å². The molecule has 0 fully saturated rings. The van der Waals surface area contributed by atoms with Gasteiger partial charge in [0.1, 0.15) is 0 Å². The lowest BCUT2D eigenvalue weighted by Gasteiger charge is -2.11. The third-order valence-electron chi connectivity index (χ3n) is 1.14. The van der Waals surface area contributed by atoms with Crippen molar-refractivity contribution >= 4 is 0 Å². The lowest BCUT2D eigenvalue weighted by atomic mass is 10.5. The highest BCUT2D eigenvalue weighted by molar-refractivity contribution is 4.80.